The van der Waals surface area contributed by atoms with Crippen LogP contribution in [0, 0.1) is 13.8 Å². The largest absolute Gasteiger partial charge is 0.456 e. The smallest absolute Gasteiger partial charge is 0.157 e. The Bertz CT molecular complexity index is 1430. The van der Waals surface area contributed by atoms with Crippen molar-refractivity contribution in [3.8, 4) is 11.3 Å². The number of aromatic nitrogens is 2. The zero-order valence-electron chi connectivity index (χ0n) is 16.8. The number of hydrogen-bond donors (Lipinski definition) is 1. The molecule has 0 amide bonds. The molecule has 0 aliphatic carbocycles. The van der Waals surface area contributed by atoms with Gasteiger partial charge in [0.1, 0.15) is 17.7 Å². The highest BCUT2D eigenvalue weighted by atomic mass is 16.3. The van der Waals surface area contributed by atoms with E-state index in [1.165, 1.54) is 5.56 Å². The molecule has 2 heterocycles. The van der Waals surface area contributed by atoms with Gasteiger partial charge in [0.15, 0.2) is 5.82 Å². The molecule has 0 saturated carbocycles. The van der Waals surface area contributed by atoms with Gasteiger partial charge in [0.2, 0.25) is 0 Å². The van der Waals surface area contributed by atoms with Crippen LogP contribution in [0.15, 0.2) is 88.6 Å². The van der Waals surface area contributed by atoms with E-state index >= 15 is 0 Å². The second-order valence-electron chi connectivity index (χ2n) is 7.32. The fraction of sp³-hybridized carbons (Fsp3) is 0.0800. The van der Waals surface area contributed by atoms with E-state index < -0.39 is 0 Å². The Labute approximate surface area is 173 Å². The molecule has 0 aliphatic heterocycles. The highest BCUT2D eigenvalue weighted by Gasteiger charge is 2.07. The van der Waals surface area contributed by atoms with Crippen molar-refractivity contribution in [2.45, 2.75) is 13.8 Å². The molecule has 2 aromatic heterocycles. The summed E-state index contributed by atoms with van der Waals surface area (Å²) in [6.07, 6.45) is 1.54. The topological polar surface area (TPSA) is 63.3 Å². The van der Waals surface area contributed by atoms with E-state index in [-0.39, 0.29) is 0 Å². The van der Waals surface area contributed by atoms with Crippen LogP contribution >= 0.6 is 0 Å². The molecular formula is C25H20N4O. The summed E-state index contributed by atoms with van der Waals surface area (Å²) in [4.78, 5) is 8.68. The van der Waals surface area contributed by atoms with E-state index in [1.807, 2.05) is 42.5 Å². The minimum Gasteiger partial charge on any atom is -0.456 e. The Morgan fingerprint density at radius 2 is 1.60 bits per heavy atom. The minimum absolute atomic E-state index is 0.665. The van der Waals surface area contributed by atoms with Crippen LogP contribution in [0.5, 0.6) is 0 Å². The summed E-state index contributed by atoms with van der Waals surface area (Å²) in [5.74, 6) is 1.43. The van der Waals surface area contributed by atoms with Crippen molar-refractivity contribution in [3.63, 3.8) is 0 Å². The van der Waals surface area contributed by atoms with Crippen LogP contribution in [0.25, 0.3) is 33.2 Å². The second-order valence-corrected chi connectivity index (χ2v) is 7.32. The van der Waals surface area contributed by atoms with Crippen LogP contribution in [-0.4, -0.2) is 9.97 Å². The molecule has 0 spiro atoms. The monoisotopic (exact) mass is 392 g/mol. The summed E-state index contributed by atoms with van der Waals surface area (Å²) in [5.41, 5.74) is 8.14. The molecule has 0 fully saturated rings. The van der Waals surface area contributed by atoms with Crippen molar-refractivity contribution in [2.24, 2.45) is 5.10 Å². The quantitative estimate of drug-likeness (QED) is 0.407. The Morgan fingerprint density at radius 3 is 2.47 bits per heavy atom. The molecule has 0 atom stereocenters. The van der Waals surface area contributed by atoms with Crippen LogP contribution in [0.4, 0.5) is 5.82 Å². The predicted octanol–water partition coefficient (Wildman–Crippen LogP) is 5.59. The van der Waals surface area contributed by atoms with Gasteiger partial charge in [-0.15, -0.1) is 0 Å². The van der Waals surface area contributed by atoms with E-state index in [2.05, 4.69) is 64.7 Å². The van der Waals surface area contributed by atoms with Gasteiger partial charge in [-0.05, 0) is 43.7 Å². The average Bonchev–Trinajstić information content (AvgIpc) is 2.77. The average molecular weight is 392 g/mol. The lowest BCUT2D eigenvalue weighted by molar-refractivity contribution is 0.618. The summed E-state index contributed by atoms with van der Waals surface area (Å²) in [7, 11) is 0. The third-order valence-corrected chi connectivity index (χ3v) is 5.06. The molecule has 0 aliphatic rings. The summed E-state index contributed by atoms with van der Waals surface area (Å²) in [6.45, 7) is 4.12. The van der Waals surface area contributed by atoms with E-state index in [4.69, 9.17) is 4.42 Å². The van der Waals surface area contributed by atoms with E-state index in [1.54, 1.807) is 6.33 Å². The molecule has 0 bridgehead atoms. The Morgan fingerprint density at radius 1 is 0.800 bits per heavy atom. The maximum Gasteiger partial charge on any atom is 0.157 e. The van der Waals surface area contributed by atoms with Crippen molar-refractivity contribution in [1.29, 1.82) is 0 Å². The van der Waals surface area contributed by atoms with Crippen molar-refractivity contribution in [2.75, 3.05) is 5.43 Å². The predicted molar refractivity (Wildman–Crippen MR) is 120 cm³/mol. The number of rotatable bonds is 3. The highest BCUT2D eigenvalue weighted by Crippen LogP contribution is 2.24. The first-order chi connectivity index (χ1) is 14.7. The van der Waals surface area contributed by atoms with Gasteiger partial charge in [0.25, 0.3) is 0 Å². The van der Waals surface area contributed by atoms with Crippen LogP contribution in [0.2, 0.25) is 0 Å². The van der Waals surface area contributed by atoms with Crippen molar-refractivity contribution >= 4 is 27.7 Å². The van der Waals surface area contributed by atoms with Gasteiger partial charge in [-0.25, -0.2) is 9.97 Å². The zero-order chi connectivity index (χ0) is 20.5. The number of fused-ring (bicyclic) bond motifs is 2. The first-order valence-corrected chi connectivity index (χ1v) is 9.78. The number of hydrogen-bond acceptors (Lipinski definition) is 5. The first kappa shape index (κ1) is 18.1. The summed E-state index contributed by atoms with van der Waals surface area (Å²) in [5, 5.41) is 7.33. The van der Waals surface area contributed by atoms with E-state index in [9.17, 15) is 0 Å². The number of anilines is 1. The molecule has 0 saturated heterocycles. The van der Waals surface area contributed by atoms with Crippen LogP contribution in [0.1, 0.15) is 11.1 Å². The van der Waals surface area contributed by atoms with Crippen molar-refractivity contribution in [3.05, 3.63) is 95.6 Å². The fourth-order valence-corrected chi connectivity index (χ4v) is 3.44. The Kier molecular flexibility index (Phi) is 4.48. The first-order valence-electron chi connectivity index (χ1n) is 9.78. The maximum atomic E-state index is 6.22. The molecular weight excluding hydrogens is 372 g/mol. The van der Waals surface area contributed by atoms with Gasteiger partial charge in [0.05, 0.1) is 10.9 Å². The Hall–Kier alpha value is -3.99. The van der Waals surface area contributed by atoms with Gasteiger partial charge in [-0.3, -0.25) is 5.43 Å². The zero-order valence-corrected chi connectivity index (χ0v) is 16.8. The summed E-state index contributed by atoms with van der Waals surface area (Å²) < 4.78 is 6.22. The van der Waals surface area contributed by atoms with Crippen molar-refractivity contribution in [1.82, 2.24) is 9.97 Å². The van der Waals surface area contributed by atoms with Gasteiger partial charge >= 0.3 is 0 Å². The maximum absolute atomic E-state index is 6.22. The van der Waals surface area contributed by atoms with Gasteiger partial charge in [-0.2, -0.15) is 5.10 Å². The van der Waals surface area contributed by atoms with E-state index in [0.717, 1.165) is 44.1 Å². The molecule has 30 heavy (non-hydrogen) atoms. The minimum atomic E-state index is 0.665. The number of benzene rings is 3. The van der Waals surface area contributed by atoms with Gasteiger partial charge in [0, 0.05) is 22.4 Å². The molecule has 5 rings (SSSR count). The lowest BCUT2D eigenvalue weighted by Crippen LogP contribution is -2.08. The van der Waals surface area contributed by atoms with Crippen LogP contribution in [0.3, 0.4) is 0 Å². The molecule has 5 heteroatoms. The molecule has 146 valence electrons. The second kappa shape index (κ2) is 7.44. The molecule has 3 aromatic carbocycles. The van der Waals surface area contributed by atoms with E-state index in [0.29, 0.717) is 5.82 Å². The van der Waals surface area contributed by atoms with Crippen molar-refractivity contribution < 1.29 is 4.42 Å². The molecule has 0 unspecified atom stereocenters. The number of para-hydroxylation sites is 1. The molecule has 5 aromatic rings. The van der Waals surface area contributed by atoms with Crippen LogP contribution < -0.4 is 10.8 Å². The number of nitrogens with zero attached hydrogens (tertiary/aromatic N) is 3. The highest BCUT2D eigenvalue weighted by molar-refractivity contribution is 5.88. The third kappa shape index (κ3) is 3.42. The molecule has 5 nitrogen and oxygen atoms in total. The number of aryl methyl sites for hydroxylation is 2. The summed E-state index contributed by atoms with van der Waals surface area (Å²) in [6, 6.07) is 24.2. The lowest BCUT2D eigenvalue weighted by atomic mass is 10.1. The molecule has 1 N–H and O–H groups in total. The van der Waals surface area contributed by atoms with Gasteiger partial charge < -0.3 is 4.42 Å². The lowest BCUT2D eigenvalue weighted by Gasteiger charge is -2.07. The SMILES string of the molecule is Cc1ccc(-c2c/c(=N/Nc3ncnc4ccccc34)c3ccc(C)cc3o2)cc1. The Balaban J connectivity index is 1.67. The van der Waals surface area contributed by atoms with Gasteiger partial charge in [-0.1, -0.05) is 48.0 Å². The fourth-order valence-electron chi connectivity index (χ4n) is 3.44. The van der Waals surface area contributed by atoms with Crippen LogP contribution in [-0.2, 0) is 0 Å². The summed E-state index contributed by atoms with van der Waals surface area (Å²) >= 11 is 0. The third-order valence-electron chi connectivity index (χ3n) is 5.06. The standard InChI is InChI=1S/C25H20N4O/c1-16-7-10-18(11-8-16)23-14-22(19-12-9-17(2)13-24(19)30-23)28-29-25-20-5-3-4-6-21(20)26-15-27-25/h3-15H,1-2H3,(H,26,27,29)/b28-22-. The number of nitrogens with one attached hydrogen (secondary N) is 1. The normalized spacial score (nSPS) is 11.9. The molecule has 0 radical (unpaired) electrons.